The van der Waals surface area contributed by atoms with Crippen molar-refractivity contribution in [1.82, 2.24) is 4.90 Å². The minimum atomic E-state index is -0.214. The highest BCUT2D eigenvalue weighted by Crippen LogP contribution is 2.21. The lowest BCUT2D eigenvalue weighted by molar-refractivity contribution is 0.0532. The Morgan fingerprint density at radius 2 is 2.22 bits per heavy atom. The Bertz CT molecular complexity index is 397. The fourth-order valence-electron chi connectivity index (χ4n) is 2.11. The summed E-state index contributed by atoms with van der Waals surface area (Å²) in [6.45, 7) is 5.26. The van der Waals surface area contributed by atoms with Crippen molar-refractivity contribution < 1.29 is 9.53 Å². The lowest BCUT2D eigenvalue weighted by Crippen LogP contribution is -2.39. The number of likely N-dealkylation sites (tertiary alicyclic amines) is 1. The van der Waals surface area contributed by atoms with Crippen molar-refractivity contribution in [2.24, 2.45) is 5.73 Å². The monoisotopic (exact) mass is 268 g/mol. The van der Waals surface area contributed by atoms with Crippen LogP contribution in [0.5, 0.6) is 0 Å². The Balaban J connectivity index is 1.88. The highest BCUT2D eigenvalue weighted by Gasteiger charge is 2.17. The van der Waals surface area contributed by atoms with Crippen molar-refractivity contribution in [3.8, 4) is 0 Å². The molecule has 0 aromatic carbocycles. The summed E-state index contributed by atoms with van der Waals surface area (Å²) in [5.74, 6) is -0.214. The average molecular weight is 268 g/mol. The first-order chi connectivity index (χ1) is 8.69. The van der Waals surface area contributed by atoms with E-state index in [1.807, 2.05) is 19.1 Å². The molecule has 0 unspecified atom stereocenters. The summed E-state index contributed by atoms with van der Waals surface area (Å²) < 4.78 is 4.99. The molecular weight excluding hydrogens is 248 g/mol. The van der Waals surface area contributed by atoms with E-state index in [-0.39, 0.29) is 5.97 Å². The van der Waals surface area contributed by atoms with Crippen molar-refractivity contribution in [2.45, 2.75) is 32.4 Å². The van der Waals surface area contributed by atoms with Gasteiger partial charge in [-0.25, -0.2) is 4.79 Å². The molecule has 0 bridgehead atoms. The van der Waals surface area contributed by atoms with Crippen LogP contribution in [0.4, 0.5) is 0 Å². The Labute approximate surface area is 112 Å². The van der Waals surface area contributed by atoms with E-state index in [1.54, 1.807) is 0 Å². The van der Waals surface area contributed by atoms with Crippen LogP contribution >= 0.6 is 11.3 Å². The standard InChI is InChI=1S/C13H20N2O2S/c1-2-17-13(16)12-4-3-11(18-12)9-15-7-5-10(14)6-8-15/h3-4,10H,2,5-9,14H2,1H3. The van der Waals surface area contributed by atoms with E-state index in [9.17, 15) is 4.79 Å². The molecule has 1 saturated heterocycles. The van der Waals surface area contributed by atoms with Crippen molar-refractivity contribution in [2.75, 3.05) is 19.7 Å². The Hall–Kier alpha value is -0.910. The van der Waals surface area contributed by atoms with E-state index in [2.05, 4.69) is 4.90 Å². The smallest absolute Gasteiger partial charge is 0.348 e. The number of nitrogens with two attached hydrogens (primary N) is 1. The second-order valence-corrected chi connectivity index (χ2v) is 5.77. The third kappa shape index (κ3) is 3.54. The van der Waals surface area contributed by atoms with Gasteiger partial charge in [-0.15, -0.1) is 11.3 Å². The Morgan fingerprint density at radius 1 is 1.50 bits per heavy atom. The zero-order valence-electron chi connectivity index (χ0n) is 10.7. The fourth-order valence-corrected chi connectivity index (χ4v) is 3.05. The third-order valence-electron chi connectivity index (χ3n) is 3.15. The number of thiophene rings is 1. The molecule has 18 heavy (non-hydrogen) atoms. The minimum absolute atomic E-state index is 0.214. The molecule has 2 rings (SSSR count). The SMILES string of the molecule is CCOC(=O)c1ccc(CN2CCC(N)CC2)s1. The van der Waals surface area contributed by atoms with E-state index in [0.29, 0.717) is 17.5 Å². The van der Waals surface area contributed by atoms with Crippen molar-refractivity contribution >= 4 is 17.3 Å². The summed E-state index contributed by atoms with van der Waals surface area (Å²) in [7, 11) is 0. The van der Waals surface area contributed by atoms with Crippen LogP contribution in [-0.4, -0.2) is 36.6 Å². The van der Waals surface area contributed by atoms with Gasteiger partial charge < -0.3 is 10.5 Å². The molecule has 2 N–H and O–H groups in total. The predicted molar refractivity (Wildman–Crippen MR) is 72.8 cm³/mol. The molecule has 0 radical (unpaired) electrons. The van der Waals surface area contributed by atoms with Gasteiger partial charge in [-0.05, 0) is 45.0 Å². The molecule has 1 aliphatic rings. The van der Waals surface area contributed by atoms with Crippen LogP contribution in [0.25, 0.3) is 0 Å². The average Bonchev–Trinajstić information content (AvgIpc) is 2.81. The molecule has 1 aromatic heterocycles. The van der Waals surface area contributed by atoms with Crippen LogP contribution in [0.2, 0.25) is 0 Å². The number of ether oxygens (including phenoxy) is 1. The molecule has 100 valence electrons. The molecule has 1 fully saturated rings. The van der Waals surface area contributed by atoms with Crippen molar-refractivity contribution in [1.29, 1.82) is 0 Å². The molecule has 0 amide bonds. The summed E-state index contributed by atoms with van der Waals surface area (Å²) in [5, 5.41) is 0. The van der Waals surface area contributed by atoms with Crippen molar-refractivity contribution in [3.63, 3.8) is 0 Å². The summed E-state index contributed by atoms with van der Waals surface area (Å²) >= 11 is 1.53. The van der Waals surface area contributed by atoms with Gasteiger partial charge in [0.25, 0.3) is 0 Å². The molecule has 5 heteroatoms. The maximum absolute atomic E-state index is 11.6. The molecule has 2 heterocycles. The first-order valence-electron chi connectivity index (χ1n) is 6.43. The Kier molecular flexibility index (Phi) is 4.74. The molecule has 4 nitrogen and oxygen atoms in total. The number of hydrogen-bond donors (Lipinski definition) is 1. The van der Waals surface area contributed by atoms with Gasteiger partial charge in [0.15, 0.2) is 0 Å². The fraction of sp³-hybridized carbons (Fsp3) is 0.615. The van der Waals surface area contributed by atoms with Gasteiger partial charge >= 0.3 is 5.97 Å². The van der Waals surface area contributed by atoms with Gasteiger partial charge in [0.2, 0.25) is 0 Å². The lowest BCUT2D eigenvalue weighted by Gasteiger charge is -2.29. The second kappa shape index (κ2) is 6.31. The molecule has 0 saturated carbocycles. The van der Waals surface area contributed by atoms with E-state index in [0.717, 1.165) is 32.5 Å². The van der Waals surface area contributed by atoms with E-state index >= 15 is 0 Å². The van der Waals surface area contributed by atoms with E-state index in [1.165, 1.54) is 16.2 Å². The third-order valence-corrected chi connectivity index (χ3v) is 4.20. The normalized spacial score (nSPS) is 17.9. The summed E-state index contributed by atoms with van der Waals surface area (Å²) in [4.78, 5) is 15.9. The molecule has 0 spiro atoms. The van der Waals surface area contributed by atoms with Gasteiger partial charge in [-0.1, -0.05) is 0 Å². The maximum atomic E-state index is 11.6. The van der Waals surface area contributed by atoms with Crippen LogP contribution in [-0.2, 0) is 11.3 Å². The van der Waals surface area contributed by atoms with Crippen LogP contribution in [0.1, 0.15) is 34.3 Å². The number of esters is 1. The summed E-state index contributed by atoms with van der Waals surface area (Å²) in [6.07, 6.45) is 2.13. The molecule has 1 aromatic rings. The van der Waals surface area contributed by atoms with Crippen LogP contribution < -0.4 is 5.73 Å². The first-order valence-corrected chi connectivity index (χ1v) is 7.24. The highest BCUT2D eigenvalue weighted by atomic mass is 32.1. The maximum Gasteiger partial charge on any atom is 0.348 e. The van der Waals surface area contributed by atoms with E-state index in [4.69, 9.17) is 10.5 Å². The number of carbonyl (C=O) groups is 1. The van der Waals surface area contributed by atoms with Crippen molar-refractivity contribution in [3.05, 3.63) is 21.9 Å². The summed E-state index contributed by atoms with van der Waals surface area (Å²) in [5.41, 5.74) is 5.88. The topological polar surface area (TPSA) is 55.6 Å². The van der Waals surface area contributed by atoms with Gasteiger partial charge in [0, 0.05) is 17.5 Å². The van der Waals surface area contributed by atoms with Gasteiger partial charge in [0.05, 0.1) is 6.61 Å². The largest absolute Gasteiger partial charge is 0.462 e. The van der Waals surface area contributed by atoms with Gasteiger partial charge in [-0.2, -0.15) is 0 Å². The molecule has 1 aliphatic heterocycles. The number of piperidine rings is 1. The van der Waals surface area contributed by atoms with Gasteiger partial charge in [-0.3, -0.25) is 4.90 Å². The number of hydrogen-bond acceptors (Lipinski definition) is 5. The zero-order valence-corrected chi connectivity index (χ0v) is 11.5. The van der Waals surface area contributed by atoms with Crippen LogP contribution in [0.3, 0.4) is 0 Å². The number of rotatable bonds is 4. The predicted octanol–water partition coefficient (Wildman–Crippen LogP) is 1.85. The zero-order chi connectivity index (χ0) is 13.0. The van der Waals surface area contributed by atoms with Gasteiger partial charge in [0.1, 0.15) is 4.88 Å². The summed E-state index contributed by atoms with van der Waals surface area (Å²) in [6, 6.07) is 4.23. The second-order valence-electron chi connectivity index (χ2n) is 4.60. The minimum Gasteiger partial charge on any atom is -0.462 e. The van der Waals surface area contributed by atoms with E-state index < -0.39 is 0 Å². The van der Waals surface area contributed by atoms with Crippen LogP contribution in [0, 0.1) is 0 Å². The van der Waals surface area contributed by atoms with Crippen LogP contribution in [0.15, 0.2) is 12.1 Å². The Morgan fingerprint density at radius 3 is 2.89 bits per heavy atom. The highest BCUT2D eigenvalue weighted by molar-refractivity contribution is 7.13. The molecular formula is C13H20N2O2S. The molecule has 0 aliphatic carbocycles. The number of nitrogens with zero attached hydrogens (tertiary/aromatic N) is 1. The first kappa shape index (κ1) is 13.5. The number of carbonyl (C=O) groups excluding carboxylic acids is 1. The quantitative estimate of drug-likeness (QED) is 0.847. The lowest BCUT2D eigenvalue weighted by atomic mass is 10.1. The molecule has 0 atom stereocenters.